The second-order valence-electron chi connectivity index (χ2n) is 4.58. The van der Waals surface area contributed by atoms with Gasteiger partial charge in [0.25, 0.3) is 5.91 Å². The maximum atomic E-state index is 12.2. The van der Waals surface area contributed by atoms with Crippen LogP contribution in [0.4, 0.5) is 13.2 Å². The van der Waals surface area contributed by atoms with Gasteiger partial charge in [0.2, 0.25) is 0 Å². The van der Waals surface area contributed by atoms with Gasteiger partial charge in [-0.1, -0.05) is 12.1 Å². The van der Waals surface area contributed by atoms with Gasteiger partial charge < -0.3 is 9.64 Å². The summed E-state index contributed by atoms with van der Waals surface area (Å²) in [6.07, 6.45) is 0. The average molecular weight is 339 g/mol. The van der Waals surface area contributed by atoms with Gasteiger partial charge in [0, 0.05) is 0 Å². The molecule has 1 aliphatic rings. The van der Waals surface area contributed by atoms with E-state index in [9.17, 15) is 26.4 Å². The van der Waals surface area contributed by atoms with Crippen molar-refractivity contribution in [1.82, 2.24) is 4.90 Å². The number of benzene rings is 1. The quantitative estimate of drug-likeness (QED) is 0.617. The summed E-state index contributed by atoms with van der Waals surface area (Å²) in [6, 6.07) is 5.45. The fourth-order valence-corrected chi connectivity index (χ4v) is 2.30. The lowest BCUT2D eigenvalue weighted by atomic mass is 10.1. The molecule has 0 fully saturated rings. The second kappa shape index (κ2) is 5.76. The number of carbonyl (C=O) groups is 1. The summed E-state index contributed by atoms with van der Waals surface area (Å²) in [5.41, 5.74) is -5.25. The molecular weight excluding hydrogens is 327 g/mol. The Kier molecular flexibility index (Phi) is 4.34. The average Bonchev–Trinajstić information content (AvgIpc) is 2.44. The van der Waals surface area contributed by atoms with Crippen LogP contribution in [0.2, 0.25) is 0 Å². The van der Waals surface area contributed by atoms with E-state index in [2.05, 4.69) is 4.18 Å². The van der Waals surface area contributed by atoms with Crippen LogP contribution in [0.1, 0.15) is 17.3 Å². The molecule has 10 heteroatoms. The van der Waals surface area contributed by atoms with Crippen LogP contribution in [-0.2, 0) is 14.3 Å². The number of carbonyl (C=O) groups excluding carboxylic acids is 1. The summed E-state index contributed by atoms with van der Waals surface area (Å²) < 4.78 is 67.5. The number of nitrogens with zero attached hydrogens (tertiary/aromatic N) is 1. The predicted molar refractivity (Wildman–Crippen MR) is 68.5 cm³/mol. The minimum atomic E-state index is -5.69. The number of hydrogen-bond donors (Lipinski definition) is 0. The molecule has 0 saturated carbocycles. The number of hydrogen-bond acceptors (Lipinski definition) is 5. The van der Waals surface area contributed by atoms with E-state index >= 15 is 0 Å². The van der Waals surface area contributed by atoms with Crippen molar-refractivity contribution < 1.29 is 35.3 Å². The number of ether oxygens (including phenoxy) is 1. The van der Waals surface area contributed by atoms with Crippen LogP contribution in [0.15, 0.2) is 24.3 Å². The maximum Gasteiger partial charge on any atom is 0.523 e. The zero-order valence-electron chi connectivity index (χ0n) is 11.3. The molecule has 0 spiro atoms. The van der Waals surface area contributed by atoms with Gasteiger partial charge in [-0.25, -0.2) is 0 Å². The molecule has 122 valence electrons. The van der Waals surface area contributed by atoms with Gasteiger partial charge in [0.15, 0.2) is 6.73 Å². The van der Waals surface area contributed by atoms with E-state index in [-0.39, 0.29) is 12.3 Å². The van der Waals surface area contributed by atoms with Crippen LogP contribution in [0.3, 0.4) is 0 Å². The molecule has 0 N–H and O–H groups in total. The lowest BCUT2D eigenvalue weighted by Gasteiger charge is -2.33. The van der Waals surface area contributed by atoms with Crippen LogP contribution >= 0.6 is 0 Å². The molecule has 6 nitrogen and oxygen atoms in total. The van der Waals surface area contributed by atoms with Crippen molar-refractivity contribution in [1.29, 1.82) is 0 Å². The highest BCUT2D eigenvalue weighted by Crippen LogP contribution is 2.27. The molecule has 1 aromatic rings. The topological polar surface area (TPSA) is 72.9 Å². The fourth-order valence-electron chi connectivity index (χ4n) is 1.79. The number of alkyl halides is 3. The summed E-state index contributed by atoms with van der Waals surface area (Å²) in [5, 5.41) is 0. The van der Waals surface area contributed by atoms with Crippen molar-refractivity contribution in [3.8, 4) is 5.75 Å². The van der Waals surface area contributed by atoms with Crippen molar-refractivity contribution in [3.05, 3.63) is 29.8 Å². The van der Waals surface area contributed by atoms with Crippen molar-refractivity contribution >= 4 is 16.0 Å². The van der Waals surface area contributed by atoms with E-state index in [4.69, 9.17) is 4.74 Å². The summed E-state index contributed by atoms with van der Waals surface area (Å²) in [4.78, 5) is 13.3. The third kappa shape index (κ3) is 3.17. The molecule has 1 amide bonds. The number of amides is 1. The Balaban J connectivity index is 2.06. The molecule has 1 aliphatic heterocycles. The SMILES string of the molecule is C[C@@H](COS(=O)(=O)C(F)(F)F)N1COc2ccccc2C1=O. The molecule has 0 aliphatic carbocycles. The Hall–Kier alpha value is -1.81. The Morgan fingerprint density at radius 1 is 1.36 bits per heavy atom. The molecular formula is C12H12F3NO5S. The van der Waals surface area contributed by atoms with Gasteiger partial charge in [-0.05, 0) is 19.1 Å². The number of halogens is 3. The molecule has 0 radical (unpaired) electrons. The van der Waals surface area contributed by atoms with Crippen LogP contribution < -0.4 is 4.74 Å². The number of fused-ring (bicyclic) bond motifs is 1. The molecule has 22 heavy (non-hydrogen) atoms. The number of para-hydroxylation sites is 1. The zero-order chi connectivity index (χ0) is 16.5. The minimum Gasteiger partial charge on any atom is -0.472 e. The van der Waals surface area contributed by atoms with Crippen molar-refractivity contribution in [2.75, 3.05) is 13.3 Å². The van der Waals surface area contributed by atoms with E-state index in [0.717, 1.165) is 4.90 Å². The highest BCUT2D eigenvalue weighted by Gasteiger charge is 2.47. The summed E-state index contributed by atoms with van der Waals surface area (Å²) >= 11 is 0. The fraction of sp³-hybridized carbons (Fsp3) is 0.417. The standard InChI is InChI=1S/C12H12F3NO5S/c1-8(6-21-22(18,19)12(13,14)15)16-7-20-10-5-3-2-4-9(10)11(16)17/h2-5,8H,6-7H2,1H3/t8-/m0/s1. The van der Waals surface area contributed by atoms with Gasteiger partial charge in [0.1, 0.15) is 5.75 Å². The van der Waals surface area contributed by atoms with Gasteiger partial charge in [-0.15, -0.1) is 0 Å². The van der Waals surface area contributed by atoms with Gasteiger partial charge in [-0.2, -0.15) is 21.6 Å². The van der Waals surface area contributed by atoms with Gasteiger partial charge in [0.05, 0.1) is 18.2 Å². The Morgan fingerprint density at radius 3 is 2.64 bits per heavy atom. The summed E-state index contributed by atoms with van der Waals surface area (Å²) in [5.74, 6) is -0.109. The predicted octanol–water partition coefficient (Wildman–Crippen LogP) is 1.73. The van der Waals surface area contributed by atoms with Crippen molar-refractivity contribution in [2.24, 2.45) is 0 Å². The van der Waals surface area contributed by atoms with Gasteiger partial charge in [-0.3, -0.25) is 8.98 Å². The Morgan fingerprint density at radius 2 is 2.00 bits per heavy atom. The van der Waals surface area contributed by atoms with Crippen LogP contribution in [0.25, 0.3) is 0 Å². The molecule has 0 aromatic heterocycles. The molecule has 1 aromatic carbocycles. The molecule has 2 rings (SSSR count). The lowest BCUT2D eigenvalue weighted by Crippen LogP contribution is -2.46. The third-order valence-electron chi connectivity index (χ3n) is 3.02. The zero-order valence-corrected chi connectivity index (χ0v) is 12.1. The maximum absolute atomic E-state index is 12.2. The lowest BCUT2D eigenvalue weighted by molar-refractivity contribution is -0.0556. The largest absolute Gasteiger partial charge is 0.523 e. The molecule has 0 unspecified atom stereocenters. The van der Waals surface area contributed by atoms with Gasteiger partial charge >= 0.3 is 15.6 Å². The van der Waals surface area contributed by atoms with E-state index in [1.165, 1.54) is 13.0 Å². The molecule has 0 saturated heterocycles. The summed E-state index contributed by atoms with van der Waals surface area (Å²) in [7, 11) is -5.69. The van der Waals surface area contributed by atoms with Crippen molar-refractivity contribution in [3.63, 3.8) is 0 Å². The second-order valence-corrected chi connectivity index (χ2v) is 6.18. The highest BCUT2D eigenvalue weighted by molar-refractivity contribution is 7.87. The highest BCUT2D eigenvalue weighted by atomic mass is 32.2. The smallest absolute Gasteiger partial charge is 0.472 e. The molecule has 0 bridgehead atoms. The first kappa shape index (κ1) is 16.6. The Labute approximate surface area is 124 Å². The van der Waals surface area contributed by atoms with Crippen LogP contribution in [-0.4, -0.2) is 44.1 Å². The molecule has 1 atom stereocenters. The van der Waals surface area contributed by atoms with E-state index in [1.807, 2.05) is 0 Å². The van der Waals surface area contributed by atoms with Crippen LogP contribution in [0.5, 0.6) is 5.75 Å². The first-order valence-electron chi connectivity index (χ1n) is 6.12. The van der Waals surface area contributed by atoms with E-state index in [0.29, 0.717) is 5.75 Å². The van der Waals surface area contributed by atoms with E-state index in [1.54, 1.807) is 18.2 Å². The third-order valence-corrected chi connectivity index (χ3v) is 4.03. The normalized spacial score (nSPS) is 16.9. The first-order valence-corrected chi connectivity index (χ1v) is 7.53. The van der Waals surface area contributed by atoms with E-state index < -0.39 is 34.2 Å². The Bertz CT molecular complexity index is 674. The first-order chi connectivity index (χ1) is 10.1. The van der Waals surface area contributed by atoms with Crippen LogP contribution in [0, 0.1) is 0 Å². The number of rotatable bonds is 4. The monoisotopic (exact) mass is 339 g/mol. The minimum absolute atomic E-state index is 0.202. The molecule has 1 heterocycles. The summed E-state index contributed by atoms with van der Waals surface area (Å²) in [6.45, 7) is 0.340. The van der Waals surface area contributed by atoms with Crippen molar-refractivity contribution in [2.45, 2.75) is 18.5 Å².